The summed E-state index contributed by atoms with van der Waals surface area (Å²) in [7, 11) is 0. The number of amides is 1. The van der Waals surface area contributed by atoms with Gasteiger partial charge in [0.25, 0.3) is 0 Å². The van der Waals surface area contributed by atoms with E-state index in [2.05, 4.69) is 31.2 Å². The quantitative estimate of drug-likeness (QED) is 0.634. The highest BCUT2D eigenvalue weighted by Crippen LogP contribution is 2.14. The predicted octanol–water partition coefficient (Wildman–Crippen LogP) is 2.53. The molecule has 6 heteroatoms. The van der Waals surface area contributed by atoms with E-state index in [4.69, 9.17) is 4.42 Å². The maximum absolute atomic E-state index is 11.5. The number of aryl methyl sites for hydroxylation is 1. The molecular weight excluding hydrogens is 310 g/mol. The molecule has 0 bridgehead atoms. The van der Waals surface area contributed by atoms with Crippen LogP contribution in [0.3, 0.4) is 0 Å². The number of aromatic amines is 1. The number of nitrogens with zero attached hydrogens (tertiary/aromatic N) is 1. The zero-order chi connectivity index (χ0) is 13.5. The molecule has 0 aliphatic rings. The van der Waals surface area contributed by atoms with E-state index >= 15 is 0 Å². The summed E-state index contributed by atoms with van der Waals surface area (Å²) in [5.74, 6) is 1.44. The van der Waals surface area contributed by atoms with Crippen LogP contribution in [0.4, 0.5) is 0 Å². The molecule has 0 unspecified atom stereocenters. The first kappa shape index (κ1) is 13.6. The molecule has 0 atom stereocenters. The fraction of sp³-hybridized carbons (Fsp3) is 0.231. The Balaban J connectivity index is 1.66. The topological polar surface area (TPSA) is 70.9 Å². The van der Waals surface area contributed by atoms with Gasteiger partial charge in [-0.1, -0.05) is 0 Å². The van der Waals surface area contributed by atoms with Crippen LogP contribution in [0.5, 0.6) is 0 Å². The van der Waals surface area contributed by atoms with E-state index in [9.17, 15) is 4.79 Å². The first-order valence-corrected chi connectivity index (χ1v) is 6.73. The van der Waals surface area contributed by atoms with E-state index in [1.807, 2.05) is 0 Å². The molecule has 100 valence electrons. The summed E-state index contributed by atoms with van der Waals surface area (Å²) in [6, 6.07) is 3.56. The van der Waals surface area contributed by atoms with Crippen LogP contribution in [0.2, 0.25) is 0 Å². The first-order chi connectivity index (χ1) is 9.24. The van der Waals surface area contributed by atoms with Gasteiger partial charge in [0.1, 0.15) is 11.6 Å². The molecule has 2 rings (SSSR count). The molecule has 0 radical (unpaired) electrons. The van der Waals surface area contributed by atoms with Gasteiger partial charge in [0, 0.05) is 31.4 Å². The van der Waals surface area contributed by atoms with Gasteiger partial charge in [0.15, 0.2) is 4.67 Å². The minimum atomic E-state index is -0.132. The van der Waals surface area contributed by atoms with E-state index in [0.29, 0.717) is 17.0 Å². The summed E-state index contributed by atoms with van der Waals surface area (Å²) in [4.78, 5) is 18.6. The van der Waals surface area contributed by atoms with Crippen molar-refractivity contribution in [2.75, 3.05) is 6.54 Å². The van der Waals surface area contributed by atoms with E-state index in [-0.39, 0.29) is 5.91 Å². The van der Waals surface area contributed by atoms with E-state index in [0.717, 1.165) is 18.7 Å². The third kappa shape index (κ3) is 4.75. The molecule has 2 heterocycles. The maximum Gasteiger partial charge on any atom is 0.244 e. The van der Waals surface area contributed by atoms with E-state index in [1.165, 1.54) is 6.08 Å². The third-order valence-electron chi connectivity index (χ3n) is 2.44. The van der Waals surface area contributed by atoms with Crippen LogP contribution < -0.4 is 5.32 Å². The second kappa shape index (κ2) is 6.94. The molecule has 0 spiro atoms. The molecule has 0 saturated heterocycles. The van der Waals surface area contributed by atoms with Crippen molar-refractivity contribution in [1.82, 2.24) is 15.3 Å². The molecule has 2 N–H and O–H groups in total. The summed E-state index contributed by atoms with van der Waals surface area (Å²) in [5, 5.41) is 2.80. The van der Waals surface area contributed by atoms with Crippen molar-refractivity contribution in [2.24, 2.45) is 0 Å². The average Bonchev–Trinajstić information content (AvgIpc) is 3.03. The lowest BCUT2D eigenvalue weighted by Crippen LogP contribution is -2.22. The van der Waals surface area contributed by atoms with Gasteiger partial charge in [-0.05, 0) is 40.6 Å². The molecule has 1 amide bonds. The van der Waals surface area contributed by atoms with Gasteiger partial charge in [0.2, 0.25) is 5.91 Å². The lowest BCUT2D eigenvalue weighted by Gasteiger charge is -2.00. The minimum Gasteiger partial charge on any atom is -0.450 e. The normalized spacial score (nSPS) is 11.0. The highest BCUT2D eigenvalue weighted by atomic mass is 79.9. The van der Waals surface area contributed by atoms with Crippen molar-refractivity contribution in [1.29, 1.82) is 0 Å². The molecule has 19 heavy (non-hydrogen) atoms. The number of halogens is 1. The Morgan fingerprint density at radius 2 is 2.42 bits per heavy atom. The van der Waals surface area contributed by atoms with Gasteiger partial charge in [-0.2, -0.15) is 0 Å². The number of H-pyrrole nitrogens is 1. The Bertz CT molecular complexity index is 546. The molecule has 2 aromatic rings. The number of furan rings is 1. The van der Waals surface area contributed by atoms with Crippen molar-refractivity contribution >= 4 is 27.9 Å². The summed E-state index contributed by atoms with van der Waals surface area (Å²) in [6.07, 6.45) is 8.27. The largest absolute Gasteiger partial charge is 0.450 e. The van der Waals surface area contributed by atoms with Crippen molar-refractivity contribution in [3.05, 3.63) is 46.9 Å². The van der Waals surface area contributed by atoms with Gasteiger partial charge in [-0.25, -0.2) is 4.98 Å². The van der Waals surface area contributed by atoms with Crippen molar-refractivity contribution in [3.63, 3.8) is 0 Å². The number of hydrogen-bond acceptors (Lipinski definition) is 3. The van der Waals surface area contributed by atoms with Crippen molar-refractivity contribution in [2.45, 2.75) is 12.8 Å². The first-order valence-electron chi connectivity index (χ1n) is 5.93. The molecule has 0 saturated carbocycles. The molecule has 0 aromatic carbocycles. The number of imidazole rings is 1. The predicted molar refractivity (Wildman–Crippen MR) is 75.4 cm³/mol. The zero-order valence-corrected chi connectivity index (χ0v) is 11.8. The fourth-order valence-electron chi connectivity index (χ4n) is 1.54. The molecule has 2 aromatic heterocycles. The summed E-state index contributed by atoms with van der Waals surface area (Å²) in [6.45, 7) is 0.617. The number of nitrogens with one attached hydrogen (secondary N) is 2. The Morgan fingerprint density at radius 3 is 3.11 bits per heavy atom. The van der Waals surface area contributed by atoms with E-state index in [1.54, 1.807) is 30.6 Å². The Hall–Kier alpha value is -1.82. The van der Waals surface area contributed by atoms with Crippen molar-refractivity contribution in [3.8, 4) is 0 Å². The average molecular weight is 324 g/mol. The maximum atomic E-state index is 11.5. The van der Waals surface area contributed by atoms with Crippen molar-refractivity contribution < 1.29 is 9.21 Å². The summed E-state index contributed by atoms with van der Waals surface area (Å²) in [5.41, 5.74) is 0. The smallest absolute Gasteiger partial charge is 0.244 e. The zero-order valence-electron chi connectivity index (χ0n) is 10.2. The number of rotatable bonds is 6. The lowest BCUT2D eigenvalue weighted by atomic mass is 10.3. The highest BCUT2D eigenvalue weighted by molar-refractivity contribution is 9.10. The number of carbonyl (C=O) groups is 1. The van der Waals surface area contributed by atoms with Crippen LogP contribution in [0.15, 0.2) is 39.7 Å². The van der Waals surface area contributed by atoms with Crippen LogP contribution in [0.1, 0.15) is 18.0 Å². The Labute approximate surface area is 119 Å². The second-order valence-electron chi connectivity index (χ2n) is 3.91. The van der Waals surface area contributed by atoms with Crippen LogP contribution in [-0.4, -0.2) is 22.4 Å². The standard InChI is InChI=1S/C13H14BrN3O2/c14-11-5-3-10(19-11)4-6-13(18)17-7-1-2-12-15-8-9-16-12/h3-6,8-9H,1-2,7H2,(H,15,16)(H,17,18)/b6-4+. The third-order valence-corrected chi connectivity index (χ3v) is 2.86. The van der Waals surface area contributed by atoms with Gasteiger partial charge < -0.3 is 14.7 Å². The fourth-order valence-corrected chi connectivity index (χ4v) is 1.86. The number of aromatic nitrogens is 2. The molecule has 0 aliphatic carbocycles. The Morgan fingerprint density at radius 1 is 1.53 bits per heavy atom. The van der Waals surface area contributed by atoms with Gasteiger partial charge in [-0.3, -0.25) is 4.79 Å². The lowest BCUT2D eigenvalue weighted by molar-refractivity contribution is -0.116. The van der Waals surface area contributed by atoms with Crippen LogP contribution in [0, 0.1) is 0 Å². The number of hydrogen-bond donors (Lipinski definition) is 2. The molecule has 0 aliphatic heterocycles. The number of carbonyl (C=O) groups excluding carboxylic acids is 1. The Kier molecular flexibility index (Phi) is 4.97. The van der Waals surface area contributed by atoms with Crippen LogP contribution in [0.25, 0.3) is 6.08 Å². The van der Waals surface area contributed by atoms with Gasteiger partial charge in [0.05, 0.1) is 0 Å². The highest BCUT2D eigenvalue weighted by Gasteiger charge is 1.99. The SMILES string of the molecule is O=C(/C=C/c1ccc(Br)o1)NCCCc1ncc[nH]1. The summed E-state index contributed by atoms with van der Waals surface area (Å²) < 4.78 is 5.89. The monoisotopic (exact) mass is 323 g/mol. The van der Waals surface area contributed by atoms with Crippen LogP contribution in [-0.2, 0) is 11.2 Å². The summed E-state index contributed by atoms with van der Waals surface area (Å²) >= 11 is 3.20. The molecular formula is C13H14BrN3O2. The minimum absolute atomic E-state index is 0.132. The van der Waals surface area contributed by atoms with Gasteiger partial charge in [-0.15, -0.1) is 0 Å². The van der Waals surface area contributed by atoms with E-state index < -0.39 is 0 Å². The molecule has 5 nitrogen and oxygen atoms in total. The molecule has 0 fully saturated rings. The van der Waals surface area contributed by atoms with Gasteiger partial charge >= 0.3 is 0 Å². The second-order valence-corrected chi connectivity index (χ2v) is 4.69. The van der Waals surface area contributed by atoms with Crippen LogP contribution >= 0.6 is 15.9 Å².